The van der Waals surface area contributed by atoms with Crippen molar-refractivity contribution >= 4 is 17.8 Å². The number of amides is 2. The van der Waals surface area contributed by atoms with Crippen LogP contribution in [0.4, 0.5) is 0 Å². The Hall–Kier alpha value is -1.47. The Labute approximate surface area is 125 Å². The fourth-order valence-corrected chi connectivity index (χ4v) is 2.04. The number of ether oxygens (including phenoxy) is 1. The van der Waals surface area contributed by atoms with E-state index in [1.54, 1.807) is 20.8 Å². The lowest BCUT2D eigenvalue weighted by molar-refractivity contribution is -0.596. The van der Waals surface area contributed by atoms with Crippen LogP contribution in [0.15, 0.2) is 0 Å². The van der Waals surface area contributed by atoms with Crippen LogP contribution in [0.3, 0.4) is 0 Å². The molecule has 1 saturated heterocycles. The number of esters is 1. The summed E-state index contributed by atoms with van der Waals surface area (Å²) in [6.45, 7) is 5.83. The number of hydrogen-bond donors (Lipinski definition) is 3. The van der Waals surface area contributed by atoms with Crippen LogP contribution in [0, 0.1) is 0 Å². The van der Waals surface area contributed by atoms with E-state index in [2.05, 4.69) is 5.32 Å². The topological polar surface area (TPSA) is 115 Å². The molecular formula is C14H26N3O4+. The average molecular weight is 300 g/mol. The van der Waals surface area contributed by atoms with E-state index in [-0.39, 0.29) is 24.7 Å². The Morgan fingerprint density at radius 2 is 2.00 bits per heavy atom. The molecule has 0 aromatic carbocycles. The number of carbonyl (C=O) groups is 3. The molecule has 7 nitrogen and oxygen atoms in total. The first kappa shape index (κ1) is 17.6. The van der Waals surface area contributed by atoms with Crippen molar-refractivity contribution in [2.75, 3.05) is 6.54 Å². The minimum atomic E-state index is -0.751. The molecule has 5 N–H and O–H groups in total. The molecule has 0 aromatic rings. The summed E-state index contributed by atoms with van der Waals surface area (Å²) in [4.78, 5) is 35.6. The van der Waals surface area contributed by atoms with E-state index in [1.165, 1.54) is 5.32 Å². The second-order valence-electron chi connectivity index (χ2n) is 6.35. The fraction of sp³-hybridized carbons (Fsp3) is 0.786. The van der Waals surface area contributed by atoms with E-state index in [0.29, 0.717) is 19.4 Å². The Bertz CT molecular complexity index is 404. The highest BCUT2D eigenvalue weighted by molar-refractivity contribution is 5.80. The standard InChI is InChI=1S/C14H25N3O4/c1-14(2,3)21-13(20)10-5-4-8-16-11(18)7-6-9(15)12(19)17-10/h9-10H,4-8,15H2,1-3H3,(H,16,18)(H,17,19)/p+1. The first-order chi connectivity index (χ1) is 9.69. The van der Waals surface area contributed by atoms with Crippen molar-refractivity contribution in [3.8, 4) is 0 Å². The zero-order valence-corrected chi connectivity index (χ0v) is 13.0. The van der Waals surface area contributed by atoms with Gasteiger partial charge in [-0.1, -0.05) is 0 Å². The van der Waals surface area contributed by atoms with Gasteiger partial charge in [0.25, 0.3) is 0 Å². The normalized spacial score (nSPS) is 25.7. The maximum absolute atomic E-state index is 12.1. The number of hydrogen-bond acceptors (Lipinski definition) is 5. The third-order valence-electron chi connectivity index (χ3n) is 3.14. The molecule has 0 radical (unpaired) electrons. The summed E-state index contributed by atoms with van der Waals surface area (Å²) in [5.74, 6) is -0.844. The van der Waals surface area contributed by atoms with Crippen LogP contribution in [0.2, 0.25) is 0 Å². The van der Waals surface area contributed by atoms with Crippen LogP contribution < -0.4 is 16.4 Å². The maximum Gasteiger partial charge on any atom is 0.365 e. The SMILES string of the molecule is CC(C)(C)OC(=O)C1CCCNC(=O)CCC(N)C(=O)[NH2+]1. The summed E-state index contributed by atoms with van der Waals surface area (Å²) in [5, 5.41) is 4.11. The molecule has 1 heterocycles. The van der Waals surface area contributed by atoms with Crippen molar-refractivity contribution in [2.24, 2.45) is 5.73 Å². The second kappa shape index (κ2) is 7.51. The van der Waals surface area contributed by atoms with E-state index in [4.69, 9.17) is 10.5 Å². The minimum absolute atomic E-state index is 0.117. The molecule has 2 unspecified atom stereocenters. The average Bonchev–Trinajstić information content (AvgIpc) is 2.38. The molecule has 2 amide bonds. The third kappa shape index (κ3) is 6.68. The van der Waals surface area contributed by atoms with Crippen molar-refractivity contribution in [3.63, 3.8) is 0 Å². The Morgan fingerprint density at radius 1 is 1.33 bits per heavy atom. The summed E-state index contributed by atoms with van der Waals surface area (Å²) < 4.78 is 5.33. The van der Waals surface area contributed by atoms with E-state index in [9.17, 15) is 14.4 Å². The van der Waals surface area contributed by atoms with Crippen LogP contribution in [0.5, 0.6) is 0 Å². The van der Waals surface area contributed by atoms with Gasteiger partial charge >= 0.3 is 11.9 Å². The highest BCUT2D eigenvalue weighted by Crippen LogP contribution is 2.09. The lowest BCUT2D eigenvalue weighted by Gasteiger charge is -2.22. The number of rotatable bonds is 1. The molecule has 2 atom stereocenters. The molecule has 0 bridgehead atoms. The van der Waals surface area contributed by atoms with Gasteiger partial charge in [-0.05, 0) is 33.6 Å². The van der Waals surface area contributed by atoms with Crippen LogP contribution >= 0.6 is 0 Å². The fourth-order valence-electron chi connectivity index (χ4n) is 2.04. The quantitative estimate of drug-likeness (QED) is 0.526. The van der Waals surface area contributed by atoms with E-state index in [0.717, 1.165) is 0 Å². The molecule has 120 valence electrons. The first-order valence-corrected chi connectivity index (χ1v) is 7.33. The van der Waals surface area contributed by atoms with Gasteiger partial charge in [0.05, 0.1) is 0 Å². The highest BCUT2D eigenvalue weighted by atomic mass is 16.6. The molecule has 1 rings (SSSR count). The van der Waals surface area contributed by atoms with Gasteiger partial charge in [0.15, 0.2) is 6.04 Å². The number of nitrogens with two attached hydrogens (primary N) is 2. The predicted molar refractivity (Wildman–Crippen MR) is 76.0 cm³/mol. The van der Waals surface area contributed by atoms with Gasteiger partial charge in [-0.25, -0.2) is 9.59 Å². The molecule has 0 aromatic heterocycles. The van der Waals surface area contributed by atoms with Gasteiger partial charge in [0, 0.05) is 19.4 Å². The summed E-state index contributed by atoms with van der Waals surface area (Å²) in [6.07, 6.45) is 1.56. The van der Waals surface area contributed by atoms with Crippen molar-refractivity contribution in [1.29, 1.82) is 0 Å². The Morgan fingerprint density at radius 3 is 2.62 bits per heavy atom. The molecule has 21 heavy (non-hydrogen) atoms. The predicted octanol–water partition coefficient (Wildman–Crippen LogP) is -1.20. The zero-order chi connectivity index (χ0) is 16.0. The third-order valence-corrected chi connectivity index (χ3v) is 3.14. The number of nitrogens with one attached hydrogen (secondary N) is 1. The summed E-state index contributed by atoms with van der Waals surface area (Å²) in [6, 6.07) is -1.36. The molecule has 0 aliphatic carbocycles. The first-order valence-electron chi connectivity index (χ1n) is 7.33. The van der Waals surface area contributed by atoms with Crippen molar-refractivity contribution in [2.45, 2.75) is 64.1 Å². The van der Waals surface area contributed by atoms with E-state index >= 15 is 0 Å². The molecule has 1 fully saturated rings. The molecular weight excluding hydrogens is 274 g/mol. The molecule has 0 spiro atoms. The lowest BCUT2D eigenvalue weighted by Crippen LogP contribution is -2.97. The van der Waals surface area contributed by atoms with Crippen molar-refractivity contribution in [1.82, 2.24) is 5.32 Å². The minimum Gasteiger partial charge on any atom is -0.456 e. The van der Waals surface area contributed by atoms with Gasteiger partial charge in [0.2, 0.25) is 5.91 Å². The van der Waals surface area contributed by atoms with Gasteiger partial charge in [-0.3, -0.25) is 10.1 Å². The summed E-state index contributed by atoms with van der Waals surface area (Å²) >= 11 is 0. The van der Waals surface area contributed by atoms with Crippen LogP contribution in [0.1, 0.15) is 46.5 Å². The van der Waals surface area contributed by atoms with Gasteiger partial charge < -0.3 is 15.8 Å². The van der Waals surface area contributed by atoms with Crippen LogP contribution in [0.25, 0.3) is 0 Å². The van der Waals surface area contributed by atoms with Crippen LogP contribution in [-0.4, -0.2) is 42.0 Å². The van der Waals surface area contributed by atoms with Crippen LogP contribution in [-0.2, 0) is 19.1 Å². The molecule has 1 aliphatic rings. The largest absolute Gasteiger partial charge is 0.456 e. The van der Waals surface area contributed by atoms with Crippen molar-refractivity contribution in [3.05, 3.63) is 0 Å². The highest BCUT2D eigenvalue weighted by Gasteiger charge is 2.32. The number of primary amides is 1. The zero-order valence-electron chi connectivity index (χ0n) is 13.0. The van der Waals surface area contributed by atoms with Gasteiger partial charge in [-0.2, -0.15) is 0 Å². The van der Waals surface area contributed by atoms with E-state index in [1.807, 2.05) is 0 Å². The maximum atomic E-state index is 12.1. The Kier molecular flexibility index (Phi) is 6.29. The smallest absolute Gasteiger partial charge is 0.365 e. The van der Waals surface area contributed by atoms with Crippen molar-refractivity contribution < 1.29 is 24.4 Å². The summed E-state index contributed by atoms with van der Waals surface area (Å²) in [5.41, 5.74) is 5.16. The number of quaternary nitrogens is 1. The lowest BCUT2D eigenvalue weighted by atomic mass is 10.1. The molecule has 7 heteroatoms. The molecule has 1 aliphatic heterocycles. The second-order valence-corrected chi connectivity index (χ2v) is 6.35. The number of carbonyl (C=O) groups excluding carboxylic acids is 3. The molecule has 0 saturated carbocycles. The monoisotopic (exact) mass is 300 g/mol. The Balaban J connectivity index is 2.74. The van der Waals surface area contributed by atoms with E-state index < -0.39 is 23.7 Å². The van der Waals surface area contributed by atoms with Gasteiger partial charge in [0.1, 0.15) is 11.6 Å². The summed E-state index contributed by atoms with van der Waals surface area (Å²) in [7, 11) is 0. The van der Waals surface area contributed by atoms with Gasteiger partial charge in [-0.15, -0.1) is 0 Å².